The van der Waals surface area contributed by atoms with Crippen molar-refractivity contribution in [3.8, 4) is 11.3 Å². The first-order chi connectivity index (χ1) is 19.0. The van der Waals surface area contributed by atoms with Gasteiger partial charge in [0.2, 0.25) is 5.95 Å². The number of fused-ring (bicyclic) bond motifs is 3. The van der Waals surface area contributed by atoms with E-state index in [4.69, 9.17) is 9.98 Å². The molecule has 1 amide bonds. The molecule has 0 bridgehead atoms. The highest BCUT2D eigenvalue weighted by molar-refractivity contribution is 6.51. The Bertz CT molecular complexity index is 1570. The Labute approximate surface area is 227 Å². The summed E-state index contributed by atoms with van der Waals surface area (Å²) in [6, 6.07) is 16.5. The summed E-state index contributed by atoms with van der Waals surface area (Å²) in [6.07, 6.45) is 2.73. The fourth-order valence-electron chi connectivity index (χ4n) is 5.19. The third kappa shape index (κ3) is 4.83. The Morgan fingerprint density at radius 2 is 1.97 bits per heavy atom. The van der Waals surface area contributed by atoms with Gasteiger partial charge in [-0.1, -0.05) is 19.0 Å². The van der Waals surface area contributed by atoms with E-state index in [2.05, 4.69) is 33.5 Å². The van der Waals surface area contributed by atoms with E-state index in [1.165, 1.54) is 6.07 Å². The van der Waals surface area contributed by atoms with Gasteiger partial charge in [0.25, 0.3) is 5.91 Å². The fraction of sp³-hybridized carbons (Fsp3) is 0.241. The van der Waals surface area contributed by atoms with Gasteiger partial charge in [-0.15, -0.1) is 0 Å². The van der Waals surface area contributed by atoms with Gasteiger partial charge >= 0.3 is 0 Å². The van der Waals surface area contributed by atoms with E-state index >= 15 is 0 Å². The summed E-state index contributed by atoms with van der Waals surface area (Å²) in [7, 11) is 2.72. The minimum absolute atomic E-state index is 0.0398. The van der Waals surface area contributed by atoms with E-state index in [1.54, 1.807) is 18.3 Å². The molecule has 1 unspecified atom stereocenters. The van der Waals surface area contributed by atoms with Crippen LogP contribution in [0.25, 0.3) is 11.3 Å². The van der Waals surface area contributed by atoms with Crippen molar-refractivity contribution in [1.82, 2.24) is 25.2 Å². The molecule has 0 saturated carbocycles. The highest BCUT2D eigenvalue weighted by Gasteiger charge is 2.26. The molecule has 3 N–H and O–H groups in total. The molecule has 0 aliphatic carbocycles. The van der Waals surface area contributed by atoms with Gasteiger partial charge in [-0.2, -0.15) is 0 Å². The maximum atomic E-state index is 14.8. The number of halogens is 1. The summed E-state index contributed by atoms with van der Waals surface area (Å²) in [5.74, 6) is 0.157. The van der Waals surface area contributed by atoms with Crippen molar-refractivity contribution in [3.05, 3.63) is 89.0 Å². The minimum Gasteiger partial charge on any atom is -0.365 e. The van der Waals surface area contributed by atoms with Crippen LogP contribution >= 0.6 is 0 Å². The molecule has 196 valence electrons. The zero-order valence-corrected chi connectivity index (χ0v) is 22.0. The minimum atomic E-state index is -0.317. The predicted octanol–water partition coefficient (Wildman–Crippen LogP) is 3.25. The standard InChI is InChI=1S/C29H29BFN7O/c1-30-24-13-22-25-18(14-33-26(27(22)36-24)21-5-3-4-6-23(21)31)15-34-29(37-25)35-19-9-7-17(8-10-19)28(39)38-12-11-20(16-38)32-2/h3-10,13,15,20,30,32,36H,11-12,14,16H2,1-2H3,(H,34,35,37). The normalized spacial score (nSPS) is 16.2. The number of hydrogen-bond acceptors (Lipinski definition) is 6. The Balaban J connectivity index is 1.27. The summed E-state index contributed by atoms with van der Waals surface area (Å²) in [5.41, 5.74) is 6.73. The smallest absolute Gasteiger partial charge is 0.253 e. The van der Waals surface area contributed by atoms with Gasteiger partial charge in [0.05, 0.1) is 23.6 Å². The van der Waals surface area contributed by atoms with Crippen LogP contribution in [0.3, 0.4) is 0 Å². The number of nitrogens with one attached hydrogen (secondary N) is 3. The number of amides is 1. The largest absolute Gasteiger partial charge is 0.365 e. The van der Waals surface area contributed by atoms with Crippen LogP contribution in [0.5, 0.6) is 0 Å². The number of likely N-dealkylation sites (N-methyl/N-ethyl adjacent to an activating group) is 1. The Morgan fingerprint density at radius 3 is 2.72 bits per heavy atom. The van der Waals surface area contributed by atoms with Crippen LogP contribution in [-0.2, 0) is 6.54 Å². The number of anilines is 2. The molecule has 1 saturated heterocycles. The number of aromatic nitrogens is 3. The summed E-state index contributed by atoms with van der Waals surface area (Å²) in [5, 5.41) is 6.51. The quantitative estimate of drug-likeness (QED) is 0.339. The average molecular weight is 521 g/mol. The van der Waals surface area contributed by atoms with Gasteiger partial charge in [-0.25, -0.2) is 14.4 Å². The highest BCUT2D eigenvalue weighted by atomic mass is 19.1. The number of aromatic amines is 1. The molecule has 2 aliphatic heterocycles. The fourth-order valence-corrected chi connectivity index (χ4v) is 5.19. The molecule has 6 rings (SSSR count). The SMILES string of the molecule is CBc1cc2c([nH]1)C(c1ccccc1F)=NCc1cnc(Nc3ccc(C(=O)N4CCC(NC)C4)cc3)nc1-2. The Kier molecular flexibility index (Phi) is 6.70. The van der Waals surface area contributed by atoms with E-state index < -0.39 is 0 Å². The molecule has 2 aliphatic rings. The highest BCUT2D eigenvalue weighted by Crippen LogP contribution is 2.31. The van der Waals surface area contributed by atoms with E-state index in [0.29, 0.717) is 35.4 Å². The summed E-state index contributed by atoms with van der Waals surface area (Å²) < 4.78 is 14.8. The van der Waals surface area contributed by atoms with E-state index in [1.807, 2.05) is 42.3 Å². The predicted molar refractivity (Wildman–Crippen MR) is 153 cm³/mol. The molecule has 0 spiro atoms. The van der Waals surface area contributed by atoms with Gasteiger partial charge in [0.15, 0.2) is 7.28 Å². The van der Waals surface area contributed by atoms with Crippen molar-refractivity contribution < 1.29 is 9.18 Å². The molecular formula is C29H29BFN7O. The van der Waals surface area contributed by atoms with Crippen LogP contribution in [0.15, 0.2) is 65.8 Å². The Hall–Kier alpha value is -4.31. The molecule has 2 aromatic heterocycles. The van der Waals surface area contributed by atoms with Crippen molar-refractivity contribution in [3.63, 3.8) is 0 Å². The van der Waals surface area contributed by atoms with E-state index in [9.17, 15) is 9.18 Å². The van der Waals surface area contributed by atoms with Crippen LogP contribution in [0.4, 0.5) is 16.0 Å². The van der Waals surface area contributed by atoms with Crippen molar-refractivity contribution in [2.24, 2.45) is 4.99 Å². The number of nitrogens with zero attached hydrogens (tertiary/aromatic N) is 4. The number of aliphatic imine (C=N–C) groups is 1. The number of rotatable bonds is 6. The van der Waals surface area contributed by atoms with Crippen LogP contribution in [0, 0.1) is 5.82 Å². The molecule has 10 heteroatoms. The van der Waals surface area contributed by atoms with Crippen LogP contribution in [0.2, 0.25) is 6.82 Å². The second-order valence-corrected chi connectivity index (χ2v) is 9.88. The number of likely N-dealkylation sites (tertiary alicyclic amines) is 1. The monoisotopic (exact) mass is 521 g/mol. The maximum absolute atomic E-state index is 14.8. The molecular weight excluding hydrogens is 492 g/mol. The lowest BCUT2D eigenvalue weighted by Crippen LogP contribution is -2.33. The molecule has 4 aromatic rings. The number of carbonyl (C=O) groups is 1. The number of hydrogen-bond donors (Lipinski definition) is 3. The van der Waals surface area contributed by atoms with Gasteiger partial charge in [-0.3, -0.25) is 9.79 Å². The molecule has 39 heavy (non-hydrogen) atoms. The van der Waals surface area contributed by atoms with Crippen LogP contribution < -0.4 is 16.2 Å². The van der Waals surface area contributed by atoms with Crippen molar-refractivity contribution in [2.75, 3.05) is 25.5 Å². The van der Waals surface area contributed by atoms with E-state index in [0.717, 1.165) is 60.6 Å². The lowest BCUT2D eigenvalue weighted by atomic mass is 9.78. The molecule has 0 radical (unpaired) electrons. The second kappa shape index (κ2) is 10.5. The molecule has 1 atom stereocenters. The summed E-state index contributed by atoms with van der Waals surface area (Å²) >= 11 is 0. The van der Waals surface area contributed by atoms with Gasteiger partial charge in [-0.05, 0) is 61.5 Å². The summed E-state index contributed by atoms with van der Waals surface area (Å²) in [4.78, 5) is 32.4. The second-order valence-electron chi connectivity index (χ2n) is 9.88. The number of H-pyrrole nitrogens is 1. The lowest BCUT2D eigenvalue weighted by molar-refractivity contribution is 0.0789. The molecule has 1 fully saturated rings. The topological polar surface area (TPSA) is 98.3 Å². The first-order valence-electron chi connectivity index (χ1n) is 13.3. The van der Waals surface area contributed by atoms with Gasteiger partial charge in [0.1, 0.15) is 5.82 Å². The Morgan fingerprint density at radius 1 is 1.15 bits per heavy atom. The third-order valence-corrected chi connectivity index (χ3v) is 7.42. The average Bonchev–Trinajstić information content (AvgIpc) is 3.59. The van der Waals surface area contributed by atoms with Gasteiger partial charge < -0.3 is 20.5 Å². The molecule has 4 heterocycles. The first-order valence-corrected chi connectivity index (χ1v) is 13.3. The van der Waals surface area contributed by atoms with Gasteiger partial charge in [0, 0.05) is 53.3 Å². The summed E-state index contributed by atoms with van der Waals surface area (Å²) in [6.45, 7) is 3.89. The first kappa shape index (κ1) is 25.0. The lowest BCUT2D eigenvalue weighted by Gasteiger charge is -2.16. The molecule has 2 aromatic carbocycles. The van der Waals surface area contributed by atoms with Crippen LogP contribution in [0.1, 0.15) is 33.6 Å². The zero-order chi connectivity index (χ0) is 26.9. The van der Waals surface area contributed by atoms with Crippen molar-refractivity contribution in [1.29, 1.82) is 0 Å². The van der Waals surface area contributed by atoms with E-state index in [-0.39, 0.29) is 11.7 Å². The zero-order valence-electron chi connectivity index (χ0n) is 22.0. The molecule has 8 nitrogen and oxygen atoms in total. The van der Waals surface area contributed by atoms with Crippen molar-refractivity contribution >= 4 is 36.1 Å². The third-order valence-electron chi connectivity index (χ3n) is 7.42. The number of benzene rings is 2. The van der Waals surface area contributed by atoms with Crippen molar-refractivity contribution in [2.45, 2.75) is 25.8 Å². The van der Waals surface area contributed by atoms with Crippen LogP contribution in [-0.4, -0.2) is 64.9 Å². The number of carbonyl (C=O) groups excluding carboxylic acids is 1. The maximum Gasteiger partial charge on any atom is 0.253 e.